The Labute approximate surface area is 84.2 Å². The van der Waals surface area contributed by atoms with Crippen molar-refractivity contribution in [3.63, 3.8) is 0 Å². The van der Waals surface area contributed by atoms with E-state index in [9.17, 15) is 0 Å². The predicted molar refractivity (Wildman–Crippen MR) is 53.7 cm³/mol. The van der Waals surface area contributed by atoms with E-state index in [1.807, 2.05) is 6.20 Å². The van der Waals surface area contributed by atoms with Crippen LogP contribution in [0.5, 0.6) is 0 Å². The van der Waals surface area contributed by atoms with Crippen LogP contribution in [0.2, 0.25) is 0 Å². The fourth-order valence-electron chi connectivity index (χ4n) is 2.76. The first-order valence-corrected chi connectivity index (χ1v) is 5.43. The fourth-order valence-corrected chi connectivity index (χ4v) is 2.76. The van der Waals surface area contributed by atoms with E-state index in [0.29, 0.717) is 6.04 Å². The topological polar surface area (TPSA) is 29.0 Å². The van der Waals surface area contributed by atoms with Crippen LogP contribution in [0.15, 0.2) is 18.6 Å². The van der Waals surface area contributed by atoms with Crippen LogP contribution in [-0.4, -0.2) is 28.0 Å². The second-order valence-electron chi connectivity index (χ2n) is 4.36. The van der Waals surface area contributed by atoms with Crippen molar-refractivity contribution < 1.29 is 0 Å². The van der Waals surface area contributed by atoms with Gasteiger partial charge in [-0.25, -0.2) is 0 Å². The third-order valence-electron chi connectivity index (χ3n) is 3.57. The highest BCUT2D eigenvalue weighted by atomic mass is 15.2. The molecule has 0 aliphatic carbocycles. The van der Waals surface area contributed by atoms with Gasteiger partial charge in [-0.1, -0.05) is 0 Å². The molecule has 3 nitrogen and oxygen atoms in total. The van der Waals surface area contributed by atoms with Crippen molar-refractivity contribution in [2.75, 3.05) is 13.1 Å². The summed E-state index contributed by atoms with van der Waals surface area (Å²) < 4.78 is 0. The molecule has 3 fully saturated rings. The van der Waals surface area contributed by atoms with Crippen LogP contribution in [0, 0.1) is 5.92 Å². The van der Waals surface area contributed by atoms with Crippen LogP contribution in [0.25, 0.3) is 0 Å². The molecule has 1 aromatic rings. The average Bonchev–Trinajstić information content (AvgIpc) is 2.32. The van der Waals surface area contributed by atoms with Crippen LogP contribution in [0.4, 0.5) is 0 Å². The maximum absolute atomic E-state index is 4.42. The molecule has 1 unspecified atom stereocenters. The lowest BCUT2D eigenvalue weighted by Gasteiger charge is -2.44. The first-order chi connectivity index (χ1) is 6.93. The SMILES string of the molecule is c1cnc(C2CC3CCN2CC3)cn1. The highest BCUT2D eigenvalue weighted by molar-refractivity contribution is 5.06. The van der Waals surface area contributed by atoms with Crippen molar-refractivity contribution in [1.82, 2.24) is 14.9 Å². The van der Waals surface area contributed by atoms with Gasteiger partial charge in [-0.15, -0.1) is 0 Å². The molecule has 1 atom stereocenters. The summed E-state index contributed by atoms with van der Waals surface area (Å²) in [6.07, 6.45) is 9.54. The molecule has 0 N–H and O–H groups in total. The molecule has 3 saturated heterocycles. The summed E-state index contributed by atoms with van der Waals surface area (Å²) in [6, 6.07) is 0.552. The quantitative estimate of drug-likeness (QED) is 0.672. The first-order valence-electron chi connectivity index (χ1n) is 5.43. The predicted octanol–water partition coefficient (Wildman–Crippen LogP) is 1.63. The highest BCUT2D eigenvalue weighted by Crippen LogP contribution is 2.39. The van der Waals surface area contributed by atoms with Gasteiger partial charge in [-0.2, -0.15) is 0 Å². The Kier molecular flexibility index (Phi) is 1.98. The van der Waals surface area contributed by atoms with Crippen LogP contribution < -0.4 is 0 Å². The van der Waals surface area contributed by atoms with Crippen molar-refractivity contribution in [1.29, 1.82) is 0 Å². The summed E-state index contributed by atoms with van der Waals surface area (Å²) >= 11 is 0. The van der Waals surface area contributed by atoms with Gasteiger partial charge >= 0.3 is 0 Å². The number of nitrogens with zero attached hydrogens (tertiary/aromatic N) is 3. The third kappa shape index (κ3) is 1.32. The molecule has 2 bridgehead atoms. The highest BCUT2D eigenvalue weighted by Gasteiger charge is 2.34. The monoisotopic (exact) mass is 189 g/mol. The van der Waals surface area contributed by atoms with Gasteiger partial charge < -0.3 is 0 Å². The summed E-state index contributed by atoms with van der Waals surface area (Å²) in [6.45, 7) is 2.51. The number of fused-ring (bicyclic) bond motifs is 3. The minimum atomic E-state index is 0.552. The van der Waals surface area contributed by atoms with E-state index in [4.69, 9.17) is 0 Å². The van der Waals surface area contributed by atoms with E-state index in [1.54, 1.807) is 12.4 Å². The maximum Gasteiger partial charge on any atom is 0.0758 e. The molecule has 3 aliphatic heterocycles. The van der Waals surface area contributed by atoms with Crippen LogP contribution >= 0.6 is 0 Å². The van der Waals surface area contributed by atoms with Crippen LogP contribution in [0.1, 0.15) is 31.0 Å². The van der Waals surface area contributed by atoms with Crippen LogP contribution in [0.3, 0.4) is 0 Å². The van der Waals surface area contributed by atoms with Gasteiger partial charge in [-0.3, -0.25) is 14.9 Å². The van der Waals surface area contributed by atoms with Gasteiger partial charge in [-0.05, 0) is 38.3 Å². The van der Waals surface area contributed by atoms with Crippen molar-refractivity contribution >= 4 is 0 Å². The normalized spacial score (nSPS) is 35.9. The third-order valence-corrected chi connectivity index (χ3v) is 3.57. The Morgan fingerprint density at radius 1 is 1.21 bits per heavy atom. The summed E-state index contributed by atoms with van der Waals surface area (Å²) in [5.41, 5.74) is 1.16. The molecule has 1 aromatic heterocycles. The van der Waals surface area contributed by atoms with Gasteiger partial charge in [0.25, 0.3) is 0 Å². The Hall–Kier alpha value is -0.960. The number of aromatic nitrogens is 2. The van der Waals surface area contributed by atoms with E-state index in [1.165, 1.54) is 32.4 Å². The molecule has 3 heteroatoms. The molecule has 74 valence electrons. The fraction of sp³-hybridized carbons (Fsp3) is 0.636. The Morgan fingerprint density at radius 3 is 2.64 bits per heavy atom. The Morgan fingerprint density at radius 2 is 2.07 bits per heavy atom. The molecule has 0 radical (unpaired) electrons. The minimum absolute atomic E-state index is 0.552. The largest absolute Gasteiger partial charge is 0.295 e. The summed E-state index contributed by atoms with van der Waals surface area (Å²) in [5, 5.41) is 0. The lowest BCUT2D eigenvalue weighted by molar-refractivity contribution is 0.0466. The van der Waals surface area contributed by atoms with Gasteiger partial charge in [0.2, 0.25) is 0 Å². The molecular weight excluding hydrogens is 174 g/mol. The van der Waals surface area contributed by atoms with Crippen molar-refractivity contribution in [2.24, 2.45) is 5.92 Å². The molecule has 4 heterocycles. The summed E-state index contributed by atoms with van der Waals surface area (Å²) in [4.78, 5) is 11.1. The first kappa shape index (κ1) is 8.36. The van der Waals surface area contributed by atoms with E-state index >= 15 is 0 Å². The lowest BCUT2D eigenvalue weighted by atomic mass is 9.82. The zero-order valence-electron chi connectivity index (χ0n) is 8.26. The molecule has 0 saturated carbocycles. The van der Waals surface area contributed by atoms with E-state index in [-0.39, 0.29) is 0 Å². The second-order valence-corrected chi connectivity index (χ2v) is 4.36. The standard InChI is InChI=1S/C11H15N3/c1-5-14-6-2-9(1)7-11(14)10-8-12-3-4-13-10/h3-4,8-9,11H,1-2,5-7H2. The van der Waals surface area contributed by atoms with Gasteiger partial charge in [0.1, 0.15) is 0 Å². The molecule has 0 amide bonds. The average molecular weight is 189 g/mol. The maximum atomic E-state index is 4.42. The molecular formula is C11H15N3. The van der Waals surface area contributed by atoms with Crippen molar-refractivity contribution in [2.45, 2.75) is 25.3 Å². The number of piperidine rings is 3. The number of hydrogen-bond acceptors (Lipinski definition) is 3. The van der Waals surface area contributed by atoms with E-state index in [2.05, 4.69) is 14.9 Å². The lowest BCUT2D eigenvalue weighted by Crippen LogP contribution is -2.43. The molecule has 0 spiro atoms. The Balaban J connectivity index is 1.86. The smallest absolute Gasteiger partial charge is 0.0758 e. The van der Waals surface area contributed by atoms with Gasteiger partial charge in [0.05, 0.1) is 11.7 Å². The van der Waals surface area contributed by atoms with Crippen molar-refractivity contribution in [3.05, 3.63) is 24.3 Å². The van der Waals surface area contributed by atoms with Crippen LogP contribution in [-0.2, 0) is 0 Å². The second kappa shape index (κ2) is 3.31. The molecule has 3 aliphatic rings. The molecule has 0 aromatic carbocycles. The van der Waals surface area contributed by atoms with Crippen molar-refractivity contribution in [3.8, 4) is 0 Å². The Bertz CT molecular complexity index is 304. The number of hydrogen-bond donors (Lipinski definition) is 0. The summed E-state index contributed by atoms with van der Waals surface area (Å²) in [7, 11) is 0. The zero-order valence-corrected chi connectivity index (χ0v) is 8.26. The summed E-state index contributed by atoms with van der Waals surface area (Å²) in [5.74, 6) is 0.937. The molecule has 14 heavy (non-hydrogen) atoms. The zero-order chi connectivity index (χ0) is 9.38. The molecule has 4 rings (SSSR count). The minimum Gasteiger partial charge on any atom is -0.295 e. The van der Waals surface area contributed by atoms with E-state index in [0.717, 1.165) is 11.6 Å². The van der Waals surface area contributed by atoms with Gasteiger partial charge in [0.15, 0.2) is 0 Å². The van der Waals surface area contributed by atoms with Gasteiger partial charge in [0, 0.05) is 18.6 Å². The van der Waals surface area contributed by atoms with E-state index < -0.39 is 0 Å². The number of rotatable bonds is 1.